The van der Waals surface area contributed by atoms with Crippen LogP contribution in [0.25, 0.3) is 0 Å². The SMILES string of the molecule is O=C(CC1CCC(NCC2CCNCC2)CC1)NC1Cc2cccc(C(=O)O)c2OB1O. The Balaban J connectivity index is 1.21. The summed E-state index contributed by atoms with van der Waals surface area (Å²) >= 11 is 0. The number of carbonyl (C=O) groups excluding carboxylic acids is 1. The Kier molecular flexibility index (Phi) is 7.70. The summed E-state index contributed by atoms with van der Waals surface area (Å²) in [6, 6.07) is 5.42. The van der Waals surface area contributed by atoms with E-state index in [1.165, 1.54) is 18.9 Å². The molecular weight excluding hydrogens is 409 g/mol. The Hall–Kier alpha value is -2.10. The number of aromatic carboxylic acids is 1. The summed E-state index contributed by atoms with van der Waals surface area (Å²) in [5.41, 5.74) is 0.706. The molecule has 174 valence electrons. The average molecular weight is 443 g/mol. The fraction of sp³-hybridized carbons (Fsp3) is 0.652. The Labute approximate surface area is 189 Å². The van der Waals surface area contributed by atoms with Crippen molar-refractivity contribution in [2.75, 3.05) is 19.6 Å². The van der Waals surface area contributed by atoms with Gasteiger partial charge in [0.15, 0.2) is 0 Å². The van der Waals surface area contributed by atoms with Crippen molar-refractivity contribution in [2.24, 2.45) is 11.8 Å². The molecule has 0 bridgehead atoms. The summed E-state index contributed by atoms with van der Waals surface area (Å²) in [6.07, 6.45) is 7.57. The summed E-state index contributed by atoms with van der Waals surface area (Å²) < 4.78 is 5.47. The van der Waals surface area contributed by atoms with Gasteiger partial charge in [0.25, 0.3) is 0 Å². The Morgan fingerprint density at radius 2 is 1.84 bits per heavy atom. The molecule has 0 spiro atoms. The summed E-state index contributed by atoms with van der Waals surface area (Å²) in [6.45, 7) is 3.35. The van der Waals surface area contributed by atoms with Crippen molar-refractivity contribution in [3.63, 3.8) is 0 Å². The van der Waals surface area contributed by atoms with Gasteiger partial charge in [-0.25, -0.2) is 4.79 Å². The number of nitrogens with one attached hydrogen (secondary N) is 3. The molecular formula is C23H34BN3O5. The van der Waals surface area contributed by atoms with Crippen LogP contribution in [0, 0.1) is 11.8 Å². The fourth-order valence-electron chi connectivity index (χ4n) is 5.23. The predicted octanol–water partition coefficient (Wildman–Crippen LogP) is 1.36. The van der Waals surface area contributed by atoms with E-state index in [9.17, 15) is 19.7 Å². The predicted molar refractivity (Wildman–Crippen MR) is 122 cm³/mol. The first-order valence-corrected chi connectivity index (χ1v) is 11.9. The van der Waals surface area contributed by atoms with Crippen LogP contribution >= 0.6 is 0 Å². The molecule has 1 aromatic carbocycles. The number of para-hydroxylation sites is 1. The lowest BCUT2D eigenvalue weighted by atomic mass is 9.72. The highest BCUT2D eigenvalue weighted by molar-refractivity contribution is 6.47. The van der Waals surface area contributed by atoms with Gasteiger partial charge in [-0.2, -0.15) is 0 Å². The third-order valence-electron chi connectivity index (χ3n) is 7.17. The highest BCUT2D eigenvalue weighted by Gasteiger charge is 2.38. The van der Waals surface area contributed by atoms with Gasteiger partial charge in [-0.15, -0.1) is 0 Å². The fourth-order valence-corrected chi connectivity index (χ4v) is 5.23. The lowest BCUT2D eigenvalue weighted by Crippen LogP contribution is -2.53. The lowest BCUT2D eigenvalue weighted by Gasteiger charge is -2.32. The van der Waals surface area contributed by atoms with Crippen LogP contribution < -0.4 is 20.6 Å². The van der Waals surface area contributed by atoms with Crippen molar-refractivity contribution in [2.45, 2.75) is 63.3 Å². The standard InChI is InChI=1S/C23H34BN3O5/c28-21(12-15-4-6-18(7-5-15)26-14-16-8-10-25-11-9-16)27-20-13-17-2-1-3-19(23(29)30)22(17)32-24(20)31/h1-3,15-16,18,20,25-26,31H,4-14H2,(H,27,28)(H,29,30). The first kappa shape index (κ1) is 23.1. The van der Waals surface area contributed by atoms with Gasteiger partial charge in [0.05, 0.1) is 11.5 Å². The maximum Gasteiger partial charge on any atom is 0.547 e. The number of amides is 1. The zero-order valence-corrected chi connectivity index (χ0v) is 18.5. The number of rotatable bonds is 7. The zero-order valence-electron chi connectivity index (χ0n) is 18.5. The maximum absolute atomic E-state index is 12.6. The first-order chi connectivity index (χ1) is 15.5. The summed E-state index contributed by atoms with van der Waals surface area (Å²) in [5, 5.41) is 29.7. The second kappa shape index (κ2) is 10.7. The number of carboxylic acids is 1. The van der Waals surface area contributed by atoms with Gasteiger partial charge in [-0.05, 0) is 88.0 Å². The Morgan fingerprint density at radius 3 is 2.56 bits per heavy atom. The van der Waals surface area contributed by atoms with E-state index in [0.717, 1.165) is 51.2 Å². The van der Waals surface area contributed by atoms with E-state index in [4.69, 9.17) is 4.65 Å². The van der Waals surface area contributed by atoms with Gasteiger partial charge < -0.3 is 30.7 Å². The smallest absolute Gasteiger partial charge is 0.534 e. The molecule has 2 heterocycles. The van der Waals surface area contributed by atoms with Crippen LogP contribution in [0.5, 0.6) is 5.75 Å². The molecule has 0 radical (unpaired) electrons. The minimum atomic E-state index is -1.26. The largest absolute Gasteiger partial charge is 0.547 e. The van der Waals surface area contributed by atoms with E-state index < -0.39 is 19.0 Å². The molecule has 4 rings (SSSR count). The summed E-state index contributed by atoms with van der Waals surface area (Å²) in [7, 11) is -1.26. The van der Waals surface area contributed by atoms with Gasteiger partial charge in [0.1, 0.15) is 5.75 Å². The van der Waals surface area contributed by atoms with Crippen molar-refractivity contribution in [1.29, 1.82) is 0 Å². The molecule has 1 saturated carbocycles. The highest BCUT2D eigenvalue weighted by atomic mass is 16.5. The molecule has 1 saturated heterocycles. The Morgan fingerprint density at radius 1 is 1.09 bits per heavy atom. The quantitative estimate of drug-likeness (QED) is 0.404. The molecule has 1 amide bonds. The van der Waals surface area contributed by atoms with Gasteiger partial charge in [-0.1, -0.05) is 12.1 Å². The second-order valence-corrected chi connectivity index (χ2v) is 9.51. The van der Waals surface area contributed by atoms with Crippen molar-refractivity contribution in [1.82, 2.24) is 16.0 Å². The molecule has 3 aliphatic rings. The molecule has 5 N–H and O–H groups in total. The molecule has 2 aliphatic heterocycles. The van der Waals surface area contributed by atoms with Crippen LogP contribution in [-0.4, -0.2) is 60.7 Å². The van der Waals surface area contributed by atoms with Crippen LogP contribution in [0.1, 0.15) is 60.9 Å². The van der Waals surface area contributed by atoms with E-state index in [2.05, 4.69) is 16.0 Å². The number of fused-ring (bicyclic) bond motifs is 1. The van der Waals surface area contributed by atoms with E-state index in [1.54, 1.807) is 12.1 Å². The monoisotopic (exact) mass is 443 g/mol. The van der Waals surface area contributed by atoms with E-state index in [1.807, 2.05) is 0 Å². The van der Waals surface area contributed by atoms with E-state index >= 15 is 0 Å². The summed E-state index contributed by atoms with van der Waals surface area (Å²) in [4.78, 5) is 24.0. The highest BCUT2D eigenvalue weighted by Crippen LogP contribution is 2.31. The molecule has 1 aromatic rings. The summed E-state index contributed by atoms with van der Waals surface area (Å²) in [5.74, 6) is -0.436. The molecule has 8 nitrogen and oxygen atoms in total. The molecule has 1 atom stereocenters. The van der Waals surface area contributed by atoms with Gasteiger partial charge in [0.2, 0.25) is 5.91 Å². The second-order valence-electron chi connectivity index (χ2n) is 9.51. The first-order valence-electron chi connectivity index (χ1n) is 11.9. The maximum atomic E-state index is 12.6. The van der Waals surface area contributed by atoms with Gasteiger partial charge in [-0.3, -0.25) is 4.79 Å². The van der Waals surface area contributed by atoms with Gasteiger partial charge >= 0.3 is 13.1 Å². The number of benzene rings is 1. The molecule has 9 heteroatoms. The van der Waals surface area contributed by atoms with Crippen LogP contribution in [0.3, 0.4) is 0 Å². The van der Waals surface area contributed by atoms with Crippen LogP contribution in [0.15, 0.2) is 18.2 Å². The van der Waals surface area contributed by atoms with Gasteiger partial charge in [0, 0.05) is 12.5 Å². The Bertz CT molecular complexity index is 809. The topological polar surface area (TPSA) is 120 Å². The minimum absolute atomic E-state index is 0.0249. The average Bonchev–Trinajstić information content (AvgIpc) is 2.79. The van der Waals surface area contributed by atoms with Crippen LogP contribution in [0.4, 0.5) is 0 Å². The van der Waals surface area contributed by atoms with Crippen LogP contribution in [0.2, 0.25) is 0 Å². The van der Waals surface area contributed by atoms with Crippen molar-refractivity contribution < 1.29 is 24.4 Å². The third kappa shape index (κ3) is 5.82. The lowest BCUT2D eigenvalue weighted by molar-refractivity contribution is -0.122. The minimum Gasteiger partial charge on any atom is -0.534 e. The molecule has 1 aliphatic carbocycles. The number of hydrogen-bond donors (Lipinski definition) is 5. The molecule has 0 aromatic heterocycles. The molecule has 1 unspecified atom stereocenters. The van der Waals surface area contributed by atoms with Crippen molar-refractivity contribution in [3.8, 4) is 5.75 Å². The van der Waals surface area contributed by atoms with Crippen molar-refractivity contribution >= 4 is 19.0 Å². The molecule has 32 heavy (non-hydrogen) atoms. The zero-order chi connectivity index (χ0) is 22.5. The third-order valence-corrected chi connectivity index (χ3v) is 7.17. The molecule has 2 fully saturated rings. The van der Waals surface area contributed by atoms with Crippen molar-refractivity contribution in [3.05, 3.63) is 29.3 Å². The van der Waals surface area contributed by atoms with E-state index in [-0.39, 0.29) is 17.2 Å². The van der Waals surface area contributed by atoms with E-state index in [0.29, 0.717) is 30.4 Å². The van der Waals surface area contributed by atoms with Crippen LogP contribution in [-0.2, 0) is 11.2 Å². The number of piperidine rings is 1. The number of hydrogen-bond acceptors (Lipinski definition) is 6. The number of carboxylic acid groups (broad SMARTS) is 1. The number of carbonyl (C=O) groups is 2. The normalized spacial score (nSPS) is 26.2.